The smallest absolute Gasteiger partial charge is 0.366 e. The van der Waals surface area contributed by atoms with Crippen LogP contribution in [0.2, 0.25) is 0 Å². The third-order valence-electron chi connectivity index (χ3n) is 1.96. The molecule has 0 amide bonds. The van der Waals surface area contributed by atoms with Gasteiger partial charge in [-0.2, -0.15) is 0 Å². The van der Waals surface area contributed by atoms with Crippen LogP contribution in [0.3, 0.4) is 0 Å². The molecule has 1 aromatic rings. The van der Waals surface area contributed by atoms with Gasteiger partial charge in [0, 0.05) is 5.56 Å². The van der Waals surface area contributed by atoms with Gasteiger partial charge in [0.15, 0.2) is 6.54 Å². The highest BCUT2D eigenvalue weighted by atomic mass is 16.3. The van der Waals surface area contributed by atoms with Crippen molar-refractivity contribution >= 4 is 5.90 Å². The first-order valence-electron chi connectivity index (χ1n) is 3.67. The van der Waals surface area contributed by atoms with Gasteiger partial charge in [-0.05, 0) is 19.1 Å². The number of rotatable bonds is 0. The van der Waals surface area contributed by atoms with Crippen LogP contribution in [0.1, 0.15) is 16.7 Å². The third kappa shape index (κ3) is 0.909. The molecule has 1 aliphatic heterocycles. The minimum atomic E-state index is 0.306. The van der Waals surface area contributed by atoms with Crippen LogP contribution in [0.5, 0.6) is 0 Å². The Balaban J connectivity index is 2.58. The van der Waals surface area contributed by atoms with Crippen molar-refractivity contribution in [1.82, 2.24) is 0 Å². The molecule has 0 bridgehead atoms. The van der Waals surface area contributed by atoms with Crippen LogP contribution in [0.15, 0.2) is 18.2 Å². The van der Waals surface area contributed by atoms with Gasteiger partial charge in [0.1, 0.15) is 0 Å². The lowest BCUT2D eigenvalue weighted by atomic mass is 10.1. The van der Waals surface area contributed by atoms with Crippen molar-refractivity contribution in [2.45, 2.75) is 13.5 Å². The number of hydrogen-bond acceptors (Lipinski definition) is 0. The van der Waals surface area contributed by atoms with E-state index in [2.05, 4.69) is 18.0 Å². The average Bonchev–Trinajstić information content (AvgIpc) is 2.32. The van der Waals surface area contributed by atoms with Gasteiger partial charge in [-0.25, -0.2) is 4.99 Å². The quantitative estimate of drug-likeness (QED) is 0.529. The molecule has 0 saturated heterocycles. The fourth-order valence-corrected chi connectivity index (χ4v) is 1.37. The van der Waals surface area contributed by atoms with E-state index in [9.17, 15) is 5.11 Å². The first-order valence-corrected chi connectivity index (χ1v) is 3.67. The molecule has 0 aliphatic carbocycles. The van der Waals surface area contributed by atoms with E-state index >= 15 is 0 Å². The first kappa shape index (κ1) is 6.40. The number of aryl methyl sites for hydroxylation is 1. The molecule has 0 unspecified atom stereocenters. The largest absolute Gasteiger partial charge is 0.460 e. The lowest BCUT2D eigenvalue weighted by molar-refractivity contribution is -0.477. The summed E-state index contributed by atoms with van der Waals surface area (Å²) in [6.45, 7) is 2.80. The standard InChI is InChI=1S/C9H9NO/c1-6-2-3-8-7(4-6)5-10-9(8)11/h2-4H,5H2,1H3,(H,10,11)/p+1. The van der Waals surface area contributed by atoms with Crippen LogP contribution < -0.4 is 4.99 Å². The summed E-state index contributed by atoms with van der Waals surface area (Å²) in [6.07, 6.45) is 0. The van der Waals surface area contributed by atoms with Crippen molar-refractivity contribution in [2.24, 2.45) is 0 Å². The third-order valence-corrected chi connectivity index (χ3v) is 1.96. The lowest BCUT2D eigenvalue weighted by Crippen LogP contribution is -2.68. The molecular formula is C9H10NO+. The Bertz CT molecular complexity index is 328. The summed E-state index contributed by atoms with van der Waals surface area (Å²) in [5.41, 5.74) is 3.36. The van der Waals surface area contributed by atoms with Crippen LogP contribution in [-0.2, 0) is 6.54 Å². The zero-order valence-corrected chi connectivity index (χ0v) is 6.39. The molecule has 0 saturated carbocycles. The fourth-order valence-electron chi connectivity index (χ4n) is 1.37. The maximum absolute atomic E-state index is 9.28. The molecular weight excluding hydrogens is 138 g/mol. The van der Waals surface area contributed by atoms with Gasteiger partial charge in [0.25, 0.3) is 0 Å². The van der Waals surface area contributed by atoms with Crippen molar-refractivity contribution < 1.29 is 10.1 Å². The molecule has 1 heterocycles. The number of nitrogens with one attached hydrogen (secondary N) is 1. The fraction of sp³-hybridized carbons (Fsp3) is 0.222. The molecule has 0 atom stereocenters. The SMILES string of the molecule is Cc1ccc2c(c1)C[NH+]=C2O. The first-order chi connectivity index (χ1) is 5.27. The van der Waals surface area contributed by atoms with Crippen LogP contribution >= 0.6 is 0 Å². The van der Waals surface area contributed by atoms with Crippen LogP contribution in [0, 0.1) is 6.92 Å². The summed E-state index contributed by atoms with van der Waals surface area (Å²) in [6, 6.07) is 6.04. The topological polar surface area (TPSA) is 34.2 Å². The Morgan fingerprint density at radius 3 is 3.09 bits per heavy atom. The van der Waals surface area contributed by atoms with Gasteiger partial charge in [-0.3, -0.25) is 0 Å². The summed E-state index contributed by atoms with van der Waals surface area (Å²) in [7, 11) is 0. The zero-order chi connectivity index (χ0) is 7.84. The van der Waals surface area contributed by atoms with Gasteiger partial charge in [-0.15, -0.1) is 0 Å². The predicted octanol–water partition coefficient (Wildman–Crippen LogP) is -0.106. The highest BCUT2D eigenvalue weighted by molar-refractivity contribution is 5.90. The second-order valence-corrected chi connectivity index (χ2v) is 2.86. The van der Waals surface area contributed by atoms with Gasteiger partial charge < -0.3 is 5.11 Å². The number of benzene rings is 1. The number of hydrogen-bond donors (Lipinski definition) is 2. The predicted molar refractivity (Wildman–Crippen MR) is 42.6 cm³/mol. The molecule has 0 aromatic heterocycles. The number of aliphatic hydroxyl groups excluding tert-OH is 1. The second kappa shape index (κ2) is 2.09. The average molecular weight is 148 g/mol. The van der Waals surface area contributed by atoms with Crippen molar-refractivity contribution in [3.8, 4) is 0 Å². The van der Waals surface area contributed by atoms with Crippen molar-refractivity contribution in [3.05, 3.63) is 34.9 Å². The number of fused-ring (bicyclic) bond motifs is 1. The van der Waals surface area contributed by atoms with Crippen molar-refractivity contribution in [1.29, 1.82) is 0 Å². The normalized spacial score (nSPS) is 14.5. The monoisotopic (exact) mass is 148 g/mol. The highest BCUT2D eigenvalue weighted by Gasteiger charge is 2.20. The Morgan fingerprint density at radius 1 is 1.45 bits per heavy atom. The Morgan fingerprint density at radius 2 is 2.27 bits per heavy atom. The molecule has 2 heteroatoms. The van der Waals surface area contributed by atoms with Gasteiger partial charge in [-0.1, -0.05) is 11.6 Å². The molecule has 56 valence electrons. The number of aliphatic hydroxyl groups is 1. The van der Waals surface area contributed by atoms with E-state index < -0.39 is 0 Å². The van der Waals surface area contributed by atoms with Crippen molar-refractivity contribution in [3.63, 3.8) is 0 Å². The summed E-state index contributed by atoms with van der Waals surface area (Å²) >= 11 is 0. The maximum atomic E-state index is 9.28. The second-order valence-electron chi connectivity index (χ2n) is 2.86. The molecule has 11 heavy (non-hydrogen) atoms. The van der Waals surface area contributed by atoms with Gasteiger partial charge in [0.05, 0.1) is 5.56 Å². The van der Waals surface area contributed by atoms with Crippen molar-refractivity contribution in [2.75, 3.05) is 0 Å². The summed E-state index contributed by atoms with van der Waals surface area (Å²) in [4.78, 5) is 2.88. The van der Waals surface area contributed by atoms with Crippen LogP contribution in [0.4, 0.5) is 0 Å². The molecule has 0 radical (unpaired) electrons. The Kier molecular flexibility index (Phi) is 1.22. The van der Waals surface area contributed by atoms with Gasteiger partial charge >= 0.3 is 5.90 Å². The van der Waals surface area contributed by atoms with E-state index in [1.807, 2.05) is 12.1 Å². The Labute approximate surface area is 65.2 Å². The van der Waals surface area contributed by atoms with E-state index in [1.165, 1.54) is 11.1 Å². The molecule has 2 N–H and O–H groups in total. The minimum Gasteiger partial charge on any atom is -0.460 e. The van der Waals surface area contributed by atoms with E-state index in [0.717, 1.165) is 12.1 Å². The molecule has 0 fully saturated rings. The highest BCUT2D eigenvalue weighted by Crippen LogP contribution is 2.11. The molecule has 1 aromatic carbocycles. The van der Waals surface area contributed by atoms with Crippen LogP contribution in [0.25, 0.3) is 0 Å². The molecule has 0 spiro atoms. The van der Waals surface area contributed by atoms with E-state index in [1.54, 1.807) is 0 Å². The summed E-state index contributed by atoms with van der Waals surface area (Å²) < 4.78 is 0. The lowest BCUT2D eigenvalue weighted by Gasteiger charge is -1.94. The Hall–Kier alpha value is -1.31. The van der Waals surface area contributed by atoms with E-state index in [4.69, 9.17) is 0 Å². The molecule has 2 nitrogen and oxygen atoms in total. The maximum Gasteiger partial charge on any atom is 0.366 e. The summed E-state index contributed by atoms with van der Waals surface area (Å²) in [5, 5.41) is 9.28. The summed E-state index contributed by atoms with van der Waals surface area (Å²) in [5.74, 6) is 0.306. The zero-order valence-electron chi connectivity index (χ0n) is 6.39. The van der Waals surface area contributed by atoms with E-state index in [-0.39, 0.29) is 0 Å². The van der Waals surface area contributed by atoms with Crippen LogP contribution in [-0.4, -0.2) is 11.0 Å². The van der Waals surface area contributed by atoms with Gasteiger partial charge in [0.2, 0.25) is 0 Å². The molecule has 2 rings (SSSR count). The minimum absolute atomic E-state index is 0.306. The van der Waals surface area contributed by atoms with E-state index in [0.29, 0.717) is 5.90 Å². The molecule has 1 aliphatic rings.